The lowest BCUT2D eigenvalue weighted by Gasteiger charge is -2.11. The second kappa shape index (κ2) is 12.1. The van der Waals surface area contributed by atoms with E-state index in [2.05, 4.69) is 15.5 Å². The second-order valence-corrected chi connectivity index (χ2v) is 7.92. The molecule has 2 aromatic carbocycles. The molecule has 1 heterocycles. The minimum absolute atomic E-state index is 0.0193. The van der Waals surface area contributed by atoms with Gasteiger partial charge in [-0.1, -0.05) is 36.5 Å². The molecule has 0 aliphatic rings. The van der Waals surface area contributed by atoms with Crippen molar-refractivity contribution in [3.8, 4) is 17.6 Å². The summed E-state index contributed by atoms with van der Waals surface area (Å²) in [5.74, 6) is 0.360. The first-order chi connectivity index (χ1) is 16.5. The van der Waals surface area contributed by atoms with Gasteiger partial charge in [-0.2, -0.15) is 5.26 Å². The van der Waals surface area contributed by atoms with E-state index in [0.717, 1.165) is 17.8 Å². The van der Waals surface area contributed by atoms with Gasteiger partial charge in [0, 0.05) is 24.1 Å². The molecule has 1 amide bonds. The maximum absolute atomic E-state index is 12.5. The zero-order valence-electron chi connectivity index (χ0n) is 18.3. The van der Waals surface area contributed by atoms with Gasteiger partial charge in [0.2, 0.25) is 5.13 Å². The molecule has 0 aliphatic carbocycles. The van der Waals surface area contributed by atoms with Crippen LogP contribution >= 0.6 is 11.3 Å². The molecule has 0 unspecified atom stereocenters. The first kappa shape index (κ1) is 24.3. The Balaban J connectivity index is 1.60. The Labute approximate surface area is 199 Å². The summed E-state index contributed by atoms with van der Waals surface area (Å²) < 4.78 is 11.3. The number of non-ortho nitro benzene ring substituents is 1. The van der Waals surface area contributed by atoms with Crippen molar-refractivity contribution in [3.05, 3.63) is 74.8 Å². The molecule has 3 rings (SSSR count). The van der Waals surface area contributed by atoms with Crippen LogP contribution in [0.1, 0.15) is 23.9 Å². The van der Waals surface area contributed by atoms with Crippen LogP contribution in [0, 0.1) is 21.4 Å². The molecular weight excluding hydrogens is 458 g/mol. The van der Waals surface area contributed by atoms with E-state index in [4.69, 9.17) is 9.47 Å². The lowest BCUT2D eigenvalue weighted by molar-refractivity contribution is -0.384. The van der Waals surface area contributed by atoms with E-state index < -0.39 is 10.8 Å². The molecule has 0 radical (unpaired) electrons. The third-order valence-electron chi connectivity index (χ3n) is 4.39. The van der Waals surface area contributed by atoms with E-state index in [1.807, 2.05) is 13.0 Å². The number of nitriles is 1. The van der Waals surface area contributed by atoms with Crippen LogP contribution in [0.25, 0.3) is 6.08 Å². The predicted octanol–water partition coefficient (Wildman–Crippen LogP) is 4.40. The number of carbonyl (C=O) groups is 1. The fourth-order valence-corrected chi connectivity index (χ4v) is 3.63. The highest BCUT2D eigenvalue weighted by molar-refractivity contribution is 7.15. The SMILES string of the molecule is CCCc1nnc(NC(=O)C(C#N)=Cc2ccccc2OCCOc2ccc([N+](=O)[O-])cc2)s1. The molecule has 0 spiro atoms. The van der Waals surface area contributed by atoms with E-state index in [0.29, 0.717) is 22.2 Å². The molecule has 10 nitrogen and oxygen atoms in total. The summed E-state index contributed by atoms with van der Waals surface area (Å²) >= 11 is 1.27. The lowest BCUT2D eigenvalue weighted by atomic mass is 10.1. The lowest BCUT2D eigenvalue weighted by Crippen LogP contribution is -2.13. The van der Waals surface area contributed by atoms with Gasteiger partial charge in [0.05, 0.1) is 4.92 Å². The predicted molar refractivity (Wildman–Crippen MR) is 127 cm³/mol. The number of rotatable bonds is 11. The number of aromatic nitrogens is 2. The number of hydrogen-bond donors (Lipinski definition) is 1. The number of amides is 1. The fourth-order valence-electron chi connectivity index (χ4n) is 2.79. The summed E-state index contributed by atoms with van der Waals surface area (Å²) in [5, 5.41) is 31.9. The average Bonchev–Trinajstić information content (AvgIpc) is 3.28. The van der Waals surface area contributed by atoms with Crippen molar-refractivity contribution in [3.63, 3.8) is 0 Å². The monoisotopic (exact) mass is 479 g/mol. The van der Waals surface area contributed by atoms with E-state index in [1.165, 1.54) is 41.7 Å². The van der Waals surface area contributed by atoms with E-state index in [1.54, 1.807) is 24.3 Å². The number of ether oxygens (including phenoxy) is 2. The fraction of sp³-hybridized carbons (Fsp3) is 0.217. The summed E-state index contributed by atoms with van der Waals surface area (Å²) in [6.45, 7) is 2.40. The van der Waals surface area contributed by atoms with Crippen molar-refractivity contribution in [2.24, 2.45) is 0 Å². The third-order valence-corrected chi connectivity index (χ3v) is 5.29. The molecule has 174 valence electrons. The molecule has 0 fully saturated rings. The van der Waals surface area contributed by atoms with Crippen molar-refractivity contribution < 1.29 is 19.2 Å². The van der Waals surface area contributed by atoms with Crippen molar-refractivity contribution in [2.75, 3.05) is 18.5 Å². The Morgan fingerprint density at radius 1 is 1.18 bits per heavy atom. The van der Waals surface area contributed by atoms with Gasteiger partial charge in [0.1, 0.15) is 41.4 Å². The van der Waals surface area contributed by atoms with Crippen LogP contribution < -0.4 is 14.8 Å². The highest BCUT2D eigenvalue weighted by atomic mass is 32.1. The van der Waals surface area contributed by atoms with Crippen molar-refractivity contribution >= 4 is 34.1 Å². The minimum atomic E-state index is -0.585. The number of para-hydroxylation sites is 1. The number of anilines is 1. The van der Waals surface area contributed by atoms with Crippen molar-refractivity contribution in [2.45, 2.75) is 19.8 Å². The van der Waals surface area contributed by atoms with Crippen LogP contribution in [-0.4, -0.2) is 34.2 Å². The van der Waals surface area contributed by atoms with E-state index in [-0.39, 0.29) is 24.5 Å². The third kappa shape index (κ3) is 6.85. The number of carbonyl (C=O) groups excluding carboxylic acids is 1. The largest absolute Gasteiger partial charge is 0.490 e. The summed E-state index contributed by atoms with van der Waals surface area (Å²) in [4.78, 5) is 22.8. The Morgan fingerprint density at radius 2 is 1.91 bits per heavy atom. The zero-order valence-corrected chi connectivity index (χ0v) is 19.1. The smallest absolute Gasteiger partial charge is 0.269 e. The topological polar surface area (TPSA) is 140 Å². The van der Waals surface area contributed by atoms with Crippen LogP contribution in [0.2, 0.25) is 0 Å². The maximum atomic E-state index is 12.5. The van der Waals surface area contributed by atoms with E-state index in [9.17, 15) is 20.2 Å². The Morgan fingerprint density at radius 3 is 2.62 bits per heavy atom. The van der Waals surface area contributed by atoms with Crippen LogP contribution in [0.3, 0.4) is 0 Å². The van der Waals surface area contributed by atoms with Gasteiger partial charge in [-0.05, 0) is 30.7 Å². The molecule has 0 bridgehead atoms. The zero-order chi connectivity index (χ0) is 24.3. The molecule has 0 aliphatic heterocycles. The molecule has 11 heteroatoms. The van der Waals surface area contributed by atoms with Gasteiger partial charge in [0.15, 0.2) is 0 Å². The number of nitro benzene ring substituents is 1. The number of nitro groups is 1. The van der Waals surface area contributed by atoms with Gasteiger partial charge in [0.25, 0.3) is 11.6 Å². The van der Waals surface area contributed by atoms with Gasteiger partial charge in [-0.25, -0.2) is 0 Å². The molecule has 34 heavy (non-hydrogen) atoms. The Bertz CT molecular complexity index is 1220. The Kier molecular flexibility index (Phi) is 8.65. The number of aryl methyl sites for hydroxylation is 1. The van der Waals surface area contributed by atoms with Crippen LogP contribution in [0.5, 0.6) is 11.5 Å². The first-order valence-electron chi connectivity index (χ1n) is 10.3. The normalized spacial score (nSPS) is 10.9. The average molecular weight is 480 g/mol. The molecule has 0 saturated carbocycles. The highest BCUT2D eigenvalue weighted by Crippen LogP contribution is 2.23. The van der Waals surface area contributed by atoms with Gasteiger partial charge < -0.3 is 9.47 Å². The van der Waals surface area contributed by atoms with Gasteiger partial charge in [-0.15, -0.1) is 10.2 Å². The highest BCUT2D eigenvalue weighted by Gasteiger charge is 2.14. The summed E-state index contributed by atoms with van der Waals surface area (Å²) in [7, 11) is 0. The molecule has 0 atom stereocenters. The quantitative estimate of drug-likeness (QED) is 0.140. The molecular formula is C23H21N5O5S. The summed E-state index contributed by atoms with van der Waals surface area (Å²) in [5.41, 5.74) is 0.424. The van der Waals surface area contributed by atoms with Gasteiger partial charge in [-0.3, -0.25) is 20.2 Å². The van der Waals surface area contributed by atoms with E-state index >= 15 is 0 Å². The standard InChI is InChI=1S/C23H21N5O5S/c1-2-5-21-26-27-23(34-21)25-22(29)17(15-24)14-16-6-3-4-7-20(16)33-13-12-32-19-10-8-18(9-11-19)28(30)31/h3-4,6-11,14H,2,5,12-13H2,1H3,(H,25,27,29). The molecule has 0 saturated heterocycles. The minimum Gasteiger partial charge on any atom is -0.490 e. The molecule has 3 aromatic rings. The molecule has 1 aromatic heterocycles. The number of benzene rings is 2. The molecule has 1 N–H and O–H groups in total. The summed E-state index contributed by atoms with van der Waals surface area (Å²) in [6.07, 6.45) is 3.13. The van der Waals surface area contributed by atoms with Gasteiger partial charge >= 0.3 is 0 Å². The van der Waals surface area contributed by atoms with Crippen LogP contribution in [-0.2, 0) is 11.2 Å². The second-order valence-electron chi connectivity index (χ2n) is 6.86. The maximum Gasteiger partial charge on any atom is 0.269 e. The van der Waals surface area contributed by atoms with Crippen LogP contribution in [0.4, 0.5) is 10.8 Å². The first-order valence-corrected chi connectivity index (χ1v) is 11.2. The number of nitrogens with one attached hydrogen (secondary N) is 1. The summed E-state index contributed by atoms with van der Waals surface area (Å²) in [6, 6.07) is 14.6. The van der Waals surface area contributed by atoms with Crippen molar-refractivity contribution in [1.29, 1.82) is 5.26 Å². The number of hydrogen-bond acceptors (Lipinski definition) is 9. The van der Waals surface area contributed by atoms with Crippen LogP contribution in [0.15, 0.2) is 54.1 Å². The Hall–Kier alpha value is -4.30. The van der Waals surface area contributed by atoms with Crippen molar-refractivity contribution in [1.82, 2.24) is 10.2 Å². The number of nitrogens with zero attached hydrogens (tertiary/aromatic N) is 4.